The molecule has 10 heteroatoms. The number of carbonyl (C=O) groups excluding carboxylic acids is 1. The Labute approximate surface area is 194 Å². The Morgan fingerprint density at radius 3 is 2.88 bits per heavy atom. The quantitative estimate of drug-likeness (QED) is 0.294. The van der Waals surface area contributed by atoms with Crippen molar-refractivity contribution in [2.75, 3.05) is 18.7 Å². The van der Waals surface area contributed by atoms with E-state index in [0.717, 1.165) is 41.3 Å². The predicted molar refractivity (Wildman–Crippen MR) is 123 cm³/mol. The Balaban J connectivity index is 1.16. The molecule has 168 valence electrons. The van der Waals surface area contributed by atoms with Gasteiger partial charge in [0.05, 0.1) is 10.9 Å². The van der Waals surface area contributed by atoms with Crippen molar-refractivity contribution in [2.45, 2.75) is 31.2 Å². The Hall–Kier alpha value is -3.04. The lowest BCUT2D eigenvalue weighted by atomic mass is 10.1. The highest BCUT2D eigenvalue weighted by Crippen LogP contribution is 2.33. The van der Waals surface area contributed by atoms with Crippen LogP contribution in [0.25, 0.3) is 0 Å². The molecule has 1 aliphatic rings. The molecular weight excluding hydrogens is 452 g/mol. The molecule has 0 saturated heterocycles. The van der Waals surface area contributed by atoms with Crippen molar-refractivity contribution in [3.63, 3.8) is 0 Å². The standard InChI is InChI=1S/C22H23ClN4O4S/c23-16(6-3-4-10-24-20(29)15-5-1-2-7-17(15)28)21-26-27-22(32-21)25-12-14-8-9-18-19(11-14)31-13-30-18/h1-2,5,7-9,11,16,28H,3-4,6,10,12-13H2,(H,24,29)(H,25,27). The van der Waals surface area contributed by atoms with Crippen molar-refractivity contribution in [3.05, 3.63) is 58.6 Å². The van der Waals surface area contributed by atoms with E-state index in [9.17, 15) is 9.90 Å². The summed E-state index contributed by atoms with van der Waals surface area (Å²) in [6.07, 6.45) is 2.33. The van der Waals surface area contributed by atoms with Gasteiger partial charge in [0.25, 0.3) is 5.91 Å². The van der Waals surface area contributed by atoms with Gasteiger partial charge in [-0.15, -0.1) is 21.8 Å². The number of hydrogen-bond acceptors (Lipinski definition) is 8. The van der Waals surface area contributed by atoms with Crippen LogP contribution in [0.15, 0.2) is 42.5 Å². The van der Waals surface area contributed by atoms with E-state index < -0.39 is 0 Å². The van der Waals surface area contributed by atoms with Crippen LogP contribution in [0, 0.1) is 0 Å². The number of benzene rings is 2. The van der Waals surface area contributed by atoms with Crippen LogP contribution >= 0.6 is 22.9 Å². The Morgan fingerprint density at radius 1 is 1.16 bits per heavy atom. The summed E-state index contributed by atoms with van der Waals surface area (Å²) >= 11 is 7.92. The van der Waals surface area contributed by atoms with E-state index in [1.54, 1.807) is 18.2 Å². The third kappa shape index (κ3) is 5.60. The average molecular weight is 475 g/mol. The molecule has 0 bridgehead atoms. The first-order valence-corrected chi connectivity index (χ1v) is 11.5. The number of nitrogens with one attached hydrogen (secondary N) is 2. The van der Waals surface area contributed by atoms with Crippen molar-refractivity contribution >= 4 is 34.0 Å². The lowest BCUT2D eigenvalue weighted by Gasteiger charge is -2.08. The number of phenols is 1. The number of hydrogen-bond donors (Lipinski definition) is 3. The maximum Gasteiger partial charge on any atom is 0.255 e. The maximum absolute atomic E-state index is 12.1. The van der Waals surface area contributed by atoms with Gasteiger partial charge in [0, 0.05) is 13.1 Å². The van der Waals surface area contributed by atoms with Crippen LogP contribution < -0.4 is 20.1 Å². The van der Waals surface area contributed by atoms with Crippen molar-refractivity contribution < 1.29 is 19.4 Å². The number of anilines is 1. The van der Waals surface area contributed by atoms with Gasteiger partial charge in [-0.3, -0.25) is 4.79 Å². The molecule has 0 fully saturated rings. The smallest absolute Gasteiger partial charge is 0.255 e. The highest BCUT2D eigenvalue weighted by atomic mass is 35.5. The van der Waals surface area contributed by atoms with E-state index in [2.05, 4.69) is 20.8 Å². The van der Waals surface area contributed by atoms with E-state index in [1.807, 2.05) is 18.2 Å². The summed E-state index contributed by atoms with van der Waals surface area (Å²) in [5.41, 5.74) is 1.33. The first kappa shape index (κ1) is 22.2. The number of alkyl halides is 1. The number of aromatic hydroxyl groups is 1. The molecule has 2 aromatic carbocycles. The lowest BCUT2D eigenvalue weighted by molar-refractivity contribution is 0.0950. The van der Waals surface area contributed by atoms with Crippen molar-refractivity contribution in [1.82, 2.24) is 15.5 Å². The van der Waals surface area contributed by atoms with Crippen LogP contribution in [0.2, 0.25) is 0 Å². The number of aromatic nitrogens is 2. The minimum Gasteiger partial charge on any atom is -0.507 e. The SMILES string of the molecule is O=C(NCCCCC(Cl)c1nnc(NCc2ccc3c(c2)OCO3)s1)c1ccccc1O. The number of nitrogens with zero attached hydrogens (tertiary/aromatic N) is 2. The molecule has 0 aliphatic carbocycles. The number of phenolic OH excluding ortho intramolecular Hbond substituents is 1. The Bertz CT molecular complexity index is 1080. The molecule has 2 heterocycles. The molecule has 3 N–H and O–H groups in total. The molecule has 1 amide bonds. The van der Waals surface area contributed by atoms with E-state index in [1.165, 1.54) is 17.4 Å². The normalized spacial score (nSPS) is 13.0. The number of unbranched alkanes of at least 4 members (excludes halogenated alkanes) is 1. The van der Waals surface area contributed by atoms with Gasteiger partial charge >= 0.3 is 0 Å². The molecular formula is C22H23ClN4O4S. The summed E-state index contributed by atoms with van der Waals surface area (Å²) in [6, 6.07) is 12.3. The fourth-order valence-corrected chi connectivity index (χ4v) is 4.28. The first-order chi connectivity index (χ1) is 15.6. The summed E-state index contributed by atoms with van der Waals surface area (Å²) in [5.74, 6) is 1.20. The van der Waals surface area contributed by atoms with E-state index >= 15 is 0 Å². The Kier molecular flexibility index (Phi) is 7.28. The lowest BCUT2D eigenvalue weighted by Crippen LogP contribution is -2.24. The molecule has 0 spiro atoms. The van der Waals surface area contributed by atoms with Gasteiger partial charge in [-0.2, -0.15) is 0 Å². The fourth-order valence-electron chi connectivity index (χ4n) is 3.20. The van der Waals surface area contributed by atoms with Gasteiger partial charge in [-0.1, -0.05) is 29.5 Å². The highest BCUT2D eigenvalue weighted by molar-refractivity contribution is 7.15. The molecule has 3 aromatic rings. The van der Waals surface area contributed by atoms with Crippen molar-refractivity contribution in [2.24, 2.45) is 0 Å². The van der Waals surface area contributed by atoms with Crippen LogP contribution in [0.4, 0.5) is 5.13 Å². The van der Waals surface area contributed by atoms with Gasteiger partial charge in [0.1, 0.15) is 10.8 Å². The minimum absolute atomic E-state index is 0.0231. The molecule has 4 rings (SSSR count). The average Bonchev–Trinajstić information content (AvgIpc) is 3.46. The number of carbonyl (C=O) groups is 1. The van der Waals surface area contributed by atoms with E-state index in [0.29, 0.717) is 18.2 Å². The third-order valence-electron chi connectivity index (χ3n) is 4.91. The van der Waals surface area contributed by atoms with E-state index in [4.69, 9.17) is 21.1 Å². The van der Waals surface area contributed by atoms with Crippen molar-refractivity contribution in [3.8, 4) is 17.2 Å². The maximum atomic E-state index is 12.1. The summed E-state index contributed by atoms with van der Waals surface area (Å²) in [5, 5.41) is 25.4. The molecule has 0 radical (unpaired) electrons. The molecule has 8 nitrogen and oxygen atoms in total. The van der Waals surface area contributed by atoms with Crippen molar-refractivity contribution in [1.29, 1.82) is 0 Å². The number of amides is 1. The zero-order chi connectivity index (χ0) is 22.3. The Morgan fingerprint density at radius 2 is 2.00 bits per heavy atom. The number of rotatable bonds is 10. The van der Waals surface area contributed by atoms with Gasteiger partial charge in [0.15, 0.2) is 11.5 Å². The first-order valence-electron chi connectivity index (χ1n) is 10.3. The summed E-state index contributed by atoms with van der Waals surface area (Å²) in [7, 11) is 0. The second-order valence-electron chi connectivity index (χ2n) is 7.22. The van der Waals surface area contributed by atoms with E-state index in [-0.39, 0.29) is 29.4 Å². The third-order valence-corrected chi connectivity index (χ3v) is 6.46. The zero-order valence-corrected chi connectivity index (χ0v) is 18.8. The molecule has 32 heavy (non-hydrogen) atoms. The zero-order valence-electron chi connectivity index (χ0n) is 17.2. The number of fused-ring (bicyclic) bond motifs is 1. The van der Waals surface area contributed by atoms with Crippen LogP contribution in [0.1, 0.15) is 45.6 Å². The summed E-state index contributed by atoms with van der Waals surface area (Å²) in [4.78, 5) is 12.1. The largest absolute Gasteiger partial charge is 0.507 e. The van der Waals surface area contributed by atoms with Gasteiger partial charge < -0.3 is 25.2 Å². The van der Waals surface area contributed by atoms with Crippen LogP contribution in [0.5, 0.6) is 17.2 Å². The molecule has 1 atom stereocenters. The second-order valence-corrected chi connectivity index (χ2v) is 8.76. The molecule has 1 aromatic heterocycles. The van der Waals surface area contributed by atoms with Crippen LogP contribution in [-0.4, -0.2) is 34.5 Å². The van der Waals surface area contributed by atoms with Gasteiger partial charge in [-0.05, 0) is 49.1 Å². The summed E-state index contributed by atoms with van der Waals surface area (Å²) < 4.78 is 10.7. The molecule has 1 unspecified atom stereocenters. The highest BCUT2D eigenvalue weighted by Gasteiger charge is 2.16. The number of ether oxygens (including phenoxy) is 2. The van der Waals surface area contributed by atoms with Crippen LogP contribution in [-0.2, 0) is 6.54 Å². The second kappa shape index (κ2) is 10.5. The van der Waals surface area contributed by atoms with Gasteiger partial charge in [0.2, 0.25) is 11.9 Å². The fraction of sp³-hybridized carbons (Fsp3) is 0.318. The summed E-state index contributed by atoms with van der Waals surface area (Å²) in [6.45, 7) is 1.36. The predicted octanol–water partition coefficient (Wildman–Crippen LogP) is 4.46. The molecule has 0 saturated carbocycles. The van der Waals surface area contributed by atoms with Gasteiger partial charge in [-0.25, -0.2) is 0 Å². The minimum atomic E-state index is -0.284. The topological polar surface area (TPSA) is 106 Å². The monoisotopic (exact) mass is 474 g/mol. The molecule has 1 aliphatic heterocycles. The van der Waals surface area contributed by atoms with Crippen LogP contribution in [0.3, 0.4) is 0 Å². The number of para-hydroxylation sites is 1. The number of halogens is 1.